The van der Waals surface area contributed by atoms with Crippen LogP contribution in [0.2, 0.25) is 0 Å². The Kier molecular flexibility index (Phi) is 3.86. The Morgan fingerprint density at radius 1 is 1.59 bits per heavy atom. The minimum atomic E-state index is -0.0819. The van der Waals surface area contributed by atoms with Gasteiger partial charge in [0.15, 0.2) is 0 Å². The molecule has 0 aliphatic heterocycles. The fourth-order valence-corrected chi connectivity index (χ4v) is 2.91. The molecule has 1 amide bonds. The van der Waals surface area contributed by atoms with E-state index in [9.17, 15) is 4.79 Å². The highest BCUT2D eigenvalue weighted by Gasteiger charge is 2.15. The lowest BCUT2D eigenvalue weighted by atomic mass is 10.2. The van der Waals surface area contributed by atoms with Crippen LogP contribution in [-0.2, 0) is 6.42 Å². The van der Waals surface area contributed by atoms with Crippen LogP contribution in [-0.4, -0.2) is 21.5 Å². The quantitative estimate of drug-likeness (QED) is 0.924. The molecule has 17 heavy (non-hydrogen) atoms. The summed E-state index contributed by atoms with van der Waals surface area (Å²) < 4.78 is 3.76. The van der Waals surface area contributed by atoms with Gasteiger partial charge in [-0.15, -0.1) is 16.4 Å². The van der Waals surface area contributed by atoms with Gasteiger partial charge in [0.25, 0.3) is 5.91 Å². The fourth-order valence-electron chi connectivity index (χ4n) is 1.51. The van der Waals surface area contributed by atoms with E-state index in [-0.39, 0.29) is 11.9 Å². The van der Waals surface area contributed by atoms with Crippen molar-refractivity contribution in [1.82, 2.24) is 14.9 Å². The van der Waals surface area contributed by atoms with Crippen molar-refractivity contribution in [3.63, 3.8) is 0 Å². The zero-order chi connectivity index (χ0) is 12.3. The summed E-state index contributed by atoms with van der Waals surface area (Å²) in [6.07, 6.45) is 0.856. The lowest BCUT2D eigenvalue weighted by molar-refractivity contribution is 0.0943. The summed E-state index contributed by atoms with van der Waals surface area (Å²) in [6.45, 7) is 3.80. The number of aryl methyl sites for hydroxylation is 1. The van der Waals surface area contributed by atoms with Gasteiger partial charge >= 0.3 is 0 Å². The SMILES string of the molecule is Cc1nnsc1C(=O)NC(C)Cc1cccs1. The van der Waals surface area contributed by atoms with Gasteiger partial charge in [0.1, 0.15) is 4.88 Å². The molecule has 0 aliphatic carbocycles. The first kappa shape index (κ1) is 12.2. The second-order valence-electron chi connectivity index (χ2n) is 3.85. The number of rotatable bonds is 4. The number of nitrogens with zero attached hydrogens (tertiary/aromatic N) is 2. The van der Waals surface area contributed by atoms with Gasteiger partial charge in [-0.2, -0.15) is 0 Å². The third-order valence-electron chi connectivity index (χ3n) is 2.32. The molecule has 2 aromatic heterocycles. The molecule has 0 radical (unpaired) electrons. The van der Waals surface area contributed by atoms with Gasteiger partial charge in [0.2, 0.25) is 0 Å². The number of nitrogens with one attached hydrogen (secondary N) is 1. The van der Waals surface area contributed by atoms with E-state index in [4.69, 9.17) is 0 Å². The topological polar surface area (TPSA) is 54.9 Å². The second kappa shape index (κ2) is 5.37. The molecule has 2 rings (SSSR count). The molecule has 2 aromatic rings. The van der Waals surface area contributed by atoms with Crippen LogP contribution in [0.3, 0.4) is 0 Å². The minimum Gasteiger partial charge on any atom is -0.348 e. The molecule has 0 aromatic carbocycles. The predicted octanol–water partition coefficient (Wildman–Crippen LogP) is 2.27. The number of carbonyl (C=O) groups is 1. The van der Waals surface area contributed by atoms with E-state index in [0.717, 1.165) is 18.0 Å². The maximum Gasteiger partial charge on any atom is 0.265 e. The molecule has 0 saturated carbocycles. The van der Waals surface area contributed by atoms with E-state index in [0.29, 0.717) is 10.6 Å². The van der Waals surface area contributed by atoms with Crippen LogP contribution in [0.25, 0.3) is 0 Å². The average Bonchev–Trinajstić information content (AvgIpc) is 2.88. The largest absolute Gasteiger partial charge is 0.348 e. The molecule has 0 bridgehead atoms. The van der Waals surface area contributed by atoms with Crippen molar-refractivity contribution in [2.45, 2.75) is 26.3 Å². The van der Waals surface area contributed by atoms with Crippen molar-refractivity contribution < 1.29 is 4.79 Å². The molecule has 4 nitrogen and oxygen atoms in total. The zero-order valence-electron chi connectivity index (χ0n) is 9.64. The normalized spacial score (nSPS) is 12.4. The Hall–Kier alpha value is -1.27. The number of hydrogen-bond donors (Lipinski definition) is 1. The van der Waals surface area contributed by atoms with Gasteiger partial charge in [0.05, 0.1) is 5.69 Å². The van der Waals surface area contributed by atoms with Gasteiger partial charge in [-0.3, -0.25) is 4.79 Å². The maximum absolute atomic E-state index is 11.9. The van der Waals surface area contributed by atoms with Crippen LogP contribution in [0.15, 0.2) is 17.5 Å². The van der Waals surface area contributed by atoms with Crippen LogP contribution in [0.5, 0.6) is 0 Å². The van der Waals surface area contributed by atoms with Crippen LogP contribution in [0.4, 0.5) is 0 Å². The summed E-state index contributed by atoms with van der Waals surface area (Å²) in [5.41, 5.74) is 0.691. The maximum atomic E-state index is 11.9. The number of amides is 1. The van der Waals surface area contributed by atoms with Crippen molar-refractivity contribution in [3.05, 3.63) is 33.0 Å². The molecule has 6 heteroatoms. The van der Waals surface area contributed by atoms with Crippen LogP contribution in [0.1, 0.15) is 27.2 Å². The Bertz CT molecular complexity index is 493. The Morgan fingerprint density at radius 2 is 2.41 bits per heavy atom. The van der Waals surface area contributed by atoms with Crippen molar-refractivity contribution in [2.75, 3.05) is 0 Å². The second-order valence-corrected chi connectivity index (χ2v) is 5.63. The highest BCUT2D eigenvalue weighted by Crippen LogP contribution is 2.12. The highest BCUT2D eigenvalue weighted by atomic mass is 32.1. The van der Waals surface area contributed by atoms with Crippen molar-refractivity contribution in [3.8, 4) is 0 Å². The summed E-state index contributed by atoms with van der Waals surface area (Å²) in [5.74, 6) is -0.0819. The standard InChI is InChI=1S/C11H13N3OS2/c1-7(6-9-4-3-5-16-9)12-11(15)10-8(2)13-14-17-10/h3-5,7H,6H2,1-2H3,(H,12,15). The molecule has 0 fully saturated rings. The van der Waals surface area contributed by atoms with E-state index < -0.39 is 0 Å². The van der Waals surface area contributed by atoms with Gasteiger partial charge in [0, 0.05) is 17.3 Å². The molecule has 0 aliphatic rings. The molecule has 1 N–H and O–H groups in total. The Balaban J connectivity index is 1.93. The molecule has 1 unspecified atom stereocenters. The highest BCUT2D eigenvalue weighted by molar-refractivity contribution is 7.09. The van der Waals surface area contributed by atoms with Gasteiger partial charge in [-0.1, -0.05) is 10.6 Å². The van der Waals surface area contributed by atoms with E-state index in [1.165, 1.54) is 4.88 Å². The smallest absolute Gasteiger partial charge is 0.265 e. The molecular weight excluding hydrogens is 254 g/mol. The summed E-state index contributed by atoms with van der Waals surface area (Å²) in [5, 5.41) is 8.83. The lowest BCUT2D eigenvalue weighted by Crippen LogP contribution is -2.33. The fraction of sp³-hybridized carbons (Fsp3) is 0.364. The number of thiophene rings is 1. The molecular formula is C11H13N3OS2. The molecule has 90 valence electrons. The van der Waals surface area contributed by atoms with Crippen molar-refractivity contribution in [1.29, 1.82) is 0 Å². The predicted molar refractivity (Wildman–Crippen MR) is 69.6 cm³/mol. The molecule has 1 atom stereocenters. The summed E-state index contributed by atoms with van der Waals surface area (Å²) in [4.78, 5) is 13.8. The van der Waals surface area contributed by atoms with E-state index in [1.807, 2.05) is 18.4 Å². The molecule has 0 spiro atoms. The zero-order valence-corrected chi connectivity index (χ0v) is 11.3. The first-order valence-electron chi connectivity index (χ1n) is 5.29. The third-order valence-corrected chi connectivity index (χ3v) is 4.05. The van der Waals surface area contributed by atoms with Crippen LogP contribution < -0.4 is 5.32 Å². The van der Waals surface area contributed by atoms with E-state index in [2.05, 4.69) is 21.0 Å². The van der Waals surface area contributed by atoms with Gasteiger partial charge < -0.3 is 5.32 Å². The number of aromatic nitrogens is 2. The summed E-state index contributed by atoms with van der Waals surface area (Å²) >= 11 is 2.84. The molecule has 0 saturated heterocycles. The molecule has 2 heterocycles. The summed E-state index contributed by atoms with van der Waals surface area (Å²) in [7, 11) is 0. The monoisotopic (exact) mass is 267 g/mol. The van der Waals surface area contributed by atoms with E-state index >= 15 is 0 Å². The van der Waals surface area contributed by atoms with Crippen molar-refractivity contribution in [2.24, 2.45) is 0 Å². The number of carbonyl (C=O) groups excluding carboxylic acids is 1. The third kappa shape index (κ3) is 3.10. The van der Waals surface area contributed by atoms with Crippen LogP contribution >= 0.6 is 22.9 Å². The first-order chi connectivity index (χ1) is 8.16. The van der Waals surface area contributed by atoms with Gasteiger partial charge in [-0.05, 0) is 36.8 Å². The Labute approximate surface area is 108 Å². The summed E-state index contributed by atoms with van der Waals surface area (Å²) in [6, 6.07) is 4.21. The minimum absolute atomic E-state index is 0.0819. The lowest BCUT2D eigenvalue weighted by Gasteiger charge is -2.11. The van der Waals surface area contributed by atoms with Crippen molar-refractivity contribution >= 4 is 28.8 Å². The first-order valence-corrected chi connectivity index (χ1v) is 6.94. The average molecular weight is 267 g/mol. The Morgan fingerprint density at radius 3 is 3.00 bits per heavy atom. The van der Waals surface area contributed by atoms with E-state index in [1.54, 1.807) is 18.3 Å². The number of hydrogen-bond acceptors (Lipinski definition) is 5. The van der Waals surface area contributed by atoms with Crippen LogP contribution in [0, 0.1) is 6.92 Å². The van der Waals surface area contributed by atoms with Gasteiger partial charge in [-0.25, -0.2) is 0 Å².